The Bertz CT molecular complexity index is 866. The Kier molecular flexibility index (Phi) is 4.06. The summed E-state index contributed by atoms with van der Waals surface area (Å²) in [4.78, 5) is 5.40. The molecule has 26 heavy (non-hydrogen) atoms. The number of fused-ring (bicyclic) bond motifs is 1. The minimum absolute atomic E-state index is 0.120. The molecule has 2 nitrogen and oxygen atoms in total. The molecule has 1 saturated heterocycles. The normalized spacial score (nSPS) is 24.1. The van der Waals surface area contributed by atoms with E-state index < -0.39 is 0 Å². The van der Waals surface area contributed by atoms with E-state index in [-0.39, 0.29) is 11.0 Å². The van der Waals surface area contributed by atoms with Crippen LogP contribution in [0.3, 0.4) is 0 Å². The second-order valence-corrected chi connectivity index (χ2v) is 9.46. The molecule has 134 valence electrons. The van der Waals surface area contributed by atoms with Crippen LogP contribution in [0.4, 0.5) is 5.69 Å². The number of hydrogen-bond donors (Lipinski definition) is 1. The summed E-state index contributed by atoms with van der Waals surface area (Å²) in [6.45, 7) is 0. The van der Waals surface area contributed by atoms with Gasteiger partial charge in [-0.15, -0.1) is 0 Å². The Morgan fingerprint density at radius 2 is 1.65 bits per heavy atom. The number of benzene rings is 2. The number of nitrogens with one attached hydrogen (secondary N) is 1. The van der Waals surface area contributed by atoms with E-state index in [2.05, 4.69) is 53.5 Å². The van der Waals surface area contributed by atoms with Gasteiger partial charge < -0.3 is 5.32 Å². The SMILES string of the molecule is Clc1ccccc1C1(N=C2Nc3ccccc3CC23CCSCC3)CC1. The predicted octanol–water partition coefficient (Wildman–Crippen LogP) is 5.91. The monoisotopic (exact) mass is 382 g/mol. The van der Waals surface area contributed by atoms with Gasteiger partial charge in [0, 0.05) is 16.1 Å². The van der Waals surface area contributed by atoms with Crippen molar-refractivity contribution in [1.82, 2.24) is 0 Å². The number of hydrogen-bond acceptors (Lipinski definition) is 2. The summed E-state index contributed by atoms with van der Waals surface area (Å²) in [6, 6.07) is 16.9. The molecule has 2 fully saturated rings. The highest BCUT2D eigenvalue weighted by Crippen LogP contribution is 2.54. The molecule has 5 rings (SSSR count). The summed E-state index contributed by atoms with van der Waals surface area (Å²) in [6.07, 6.45) is 5.70. The van der Waals surface area contributed by atoms with Crippen LogP contribution in [-0.2, 0) is 12.0 Å². The summed E-state index contributed by atoms with van der Waals surface area (Å²) >= 11 is 8.61. The van der Waals surface area contributed by atoms with Crippen molar-refractivity contribution >= 4 is 34.9 Å². The fourth-order valence-corrected chi connectivity index (χ4v) is 6.03. The molecule has 0 radical (unpaired) electrons. The van der Waals surface area contributed by atoms with Gasteiger partial charge in [0.2, 0.25) is 0 Å². The minimum Gasteiger partial charge on any atom is -0.343 e. The lowest BCUT2D eigenvalue weighted by molar-refractivity contribution is 0.375. The van der Waals surface area contributed by atoms with Gasteiger partial charge in [-0.3, -0.25) is 4.99 Å². The first-order chi connectivity index (χ1) is 12.7. The number of amidine groups is 1. The molecule has 0 unspecified atom stereocenters. The maximum Gasteiger partial charge on any atom is 0.108 e. The third-order valence-corrected chi connectivity index (χ3v) is 7.49. The molecule has 0 bridgehead atoms. The van der Waals surface area contributed by atoms with Crippen LogP contribution in [0.25, 0.3) is 0 Å². The second-order valence-electron chi connectivity index (χ2n) is 7.82. The van der Waals surface area contributed by atoms with E-state index in [1.165, 1.54) is 47.0 Å². The van der Waals surface area contributed by atoms with Gasteiger partial charge in [-0.25, -0.2) is 0 Å². The van der Waals surface area contributed by atoms with Gasteiger partial charge in [-0.2, -0.15) is 11.8 Å². The van der Waals surface area contributed by atoms with Crippen molar-refractivity contribution in [3.05, 3.63) is 64.7 Å². The van der Waals surface area contributed by atoms with Gasteiger partial charge in [0.25, 0.3) is 0 Å². The lowest BCUT2D eigenvalue weighted by Crippen LogP contribution is -2.45. The van der Waals surface area contributed by atoms with Gasteiger partial charge in [-0.1, -0.05) is 48.0 Å². The number of nitrogens with zero attached hydrogens (tertiary/aromatic N) is 1. The molecule has 3 aliphatic rings. The van der Waals surface area contributed by atoms with E-state index in [9.17, 15) is 0 Å². The van der Waals surface area contributed by atoms with Gasteiger partial charge in [0.1, 0.15) is 5.84 Å². The van der Waals surface area contributed by atoms with Crippen molar-refractivity contribution in [2.45, 2.75) is 37.6 Å². The topological polar surface area (TPSA) is 24.4 Å². The van der Waals surface area contributed by atoms with Gasteiger partial charge >= 0.3 is 0 Å². The van der Waals surface area contributed by atoms with Crippen LogP contribution in [0.5, 0.6) is 0 Å². The number of thioether (sulfide) groups is 1. The van der Waals surface area contributed by atoms with E-state index in [1.807, 2.05) is 12.1 Å². The highest BCUT2D eigenvalue weighted by molar-refractivity contribution is 7.99. The summed E-state index contributed by atoms with van der Waals surface area (Å²) in [5, 5.41) is 4.59. The van der Waals surface area contributed by atoms with E-state index in [4.69, 9.17) is 16.6 Å². The van der Waals surface area contributed by atoms with E-state index in [0.29, 0.717) is 0 Å². The smallest absolute Gasteiger partial charge is 0.108 e. The average Bonchev–Trinajstić information content (AvgIpc) is 3.44. The van der Waals surface area contributed by atoms with Crippen molar-refractivity contribution in [3.8, 4) is 0 Å². The Morgan fingerprint density at radius 1 is 0.923 bits per heavy atom. The maximum atomic E-state index is 6.53. The van der Waals surface area contributed by atoms with Crippen LogP contribution in [0.1, 0.15) is 36.8 Å². The molecule has 2 aromatic rings. The largest absolute Gasteiger partial charge is 0.343 e. The first-order valence-electron chi connectivity index (χ1n) is 9.49. The molecule has 2 heterocycles. The van der Waals surface area contributed by atoms with Crippen molar-refractivity contribution in [1.29, 1.82) is 0 Å². The van der Waals surface area contributed by atoms with Crippen LogP contribution < -0.4 is 5.32 Å². The Morgan fingerprint density at radius 3 is 2.42 bits per heavy atom. The highest BCUT2D eigenvalue weighted by atomic mass is 35.5. The molecular formula is C22H23ClN2S. The average molecular weight is 383 g/mol. The van der Waals surface area contributed by atoms with Crippen LogP contribution in [0.2, 0.25) is 5.02 Å². The lowest BCUT2D eigenvalue weighted by atomic mass is 9.72. The summed E-state index contributed by atoms with van der Waals surface area (Å²) in [5.74, 6) is 3.65. The van der Waals surface area contributed by atoms with Crippen LogP contribution in [-0.4, -0.2) is 17.3 Å². The van der Waals surface area contributed by atoms with E-state index in [1.54, 1.807) is 0 Å². The van der Waals surface area contributed by atoms with Crippen LogP contribution in [0, 0.1) is 5.41 Å². The molecule has 0 aromatic heterocycles. The molecule has 1 spiro atoms. The van der Waals surface area contributed by atoms with E-state index >= 15 is 0 Å². The molecular weight excluding hydrogens is 360 g/mol. The number of anilines is 1. The first kappa shape index (κ1) is 16.7. The van der Waals surface area contributed by atoms with Crippen molar-refractivity contribution < 1.29 is 0 Å². The zero-order valence-electron chi connectivity index (χ0n) is 14.8. The quantitative estimate of drug-likeness (QED) is 0.698. The summed E-state index contributed by atoms with van der Waals surface area (Å²) in [7, 11) is 0. The second kappa shape index (κ2) is 6.31. The number of halogens is 1. The molecule has 2 aliphatic heterocycles. The van der Waals surface area contributed by atoms with Gasteiger partial charge in [-0.05, 0) is 66.9 Å². The zero-order chi connectivity index (χ0) is 17.6. The molecule has 1 N–H and O–H groups in total. The molecule has 1 aliphatic carbocycles. The fourth-order valence-electron chi connectivity index (χ4n) is 4.44. The maximum absolute atomic E-state index is 6.53. The van der Waals surface area contributed by atoms with Gasteiger partial charge in [0.15, 0.2) is 0 Å². The summed E-state index contributed by atoms with van der Waals surface area (Å²) < 4.78 is 0. The first-order valence-corrected chi connectivity index (χ1v) is 11.0. The lowest BCUT2D eigenvalue weighted by Gasteiger charge is -2.43. The van der Waals surface area contributed by atoms with Gasteiger partial charge in [0.05, 0.1) is 5.54 Å². The third kappa shape index (κ3) is 2.76. The van der Waals surface area contributed by atoms with Crippen molar-refractivity contribution in [2.24, 2.45) is 10.4 Å². The highest BCUT2D eigenvalue weighted by Gasteiger charge is 2.49. The molecule has 2 aromatic carbocycles. The standard InChI is InChI=1S/C22H23ClN2S/c23-18-7-3-2-6-17(18)22(9-10-22)25-20-21(11-13-26-14-12-21)15-16-5-1-4-8-19(16)24-20/h1-8H,9-15H2,(H,24,25). The number of rotatable bonds is 2. The summed E-state index contributed by atoms with van der Waals surface area (Å²) in [5.41, 5.74) is 3.89. The molecule has 4 heteroatoms. The van der Waals surface area contributed by atoms with Crippen LogP contribution >= 0.6 is 23.4 Å². The van der Waals surface area contributed by atoms with Crippen molar-refractivity contribution in [2.75, 3.05) is 16.8 Å². The fraction of sp³-hybridized carbons (Fsp3) is 0.409. The molecule has 1 saturated carbocycles. The predicted molar refractivity (Wildman–Crippen MR) is 113 cm³/mol. The Hall–Kier alpha value is -1.45. The zero-order valence-corrected chi connectivity index (χ0v) is 16.4. The molecule has 0 amide bonds. The minimum atomic E-state index is -0.120. The third-order valence-electron chi connectivity index (χ3n) is 6.18. The Balaban J connectivity index is 1.59. The van der Waals surface area contributed by atoms with E-state index in [0.717, 1.165) is 24.3 Å². The van der Waals surface area contributed by atoms with Crippen molar-refractivity contribution in [3.63, 3.8) is 0 Å². The molecule has 0 atom stereocenters. The number of para-hydroxylation sites is 1. The number of aliphatic imine (C=N–C) groups is 1. The van der Waals surface area contributed by atoms with Crippen LogP contribution in [0.15, 0.2) is 53.5 Å². The Labute approximate surface area is 164 Å².